The minimum atomic E-state index is -0.592. The Morgan fingerprint density at radius 3 is 2.57 bits per heavy atom. The number of rotatable bonds is 8. The molecule has 4 rings (SSSR count). The molecule has 0 amide bonds. The van der Waals surface area contributed by atoms with Crippen LogP contribution in [0.2, 0.25) is 5.02 Å². The molecule has 0 fully saturated rings. The first kappa shape index (κ1) is 25.7. The molecular formula is C29H25ClN2O5. The van der Waals surface area contributed by atoms with Crippen LogP contribution in [0.25, 0.3) is 0 Å². The van der Waals surface area contributed by atoms with Crippen LogP contribution < -0.4 is 24.7 Å². The molecule has 2 N–H and O–H groups in total. The van der Waals surface area contributed by atoms with E-state index in [1.807, 2.05) is 38.1 Å². The lowest BCUT2D eigenvalue weighted by molar-refractivity contribution is -0.136. The summed E-state index contributed by atoms with van der Waals surface area (Å²) in [6, 6.07) is 18.0. The van der Waals surface area contributed by atoms with E-state index in [1.165, 1.54) is 0 Å². The van der Waals surface area contributed by atoms with Gasteiger partial charge in [-0.3, -0.25) is 0 Å². The Labute approximate surface area is 220 Å². The lowest BCUT2D eigenvalue weighted by Gasteiger charge is -2.27. The normalized spacial score (nSPS) is 14.2. The van der Waals surface area contributed by atoms with Gasteiger partial charge in [-0.15, -0.1) is 0 Å². The van der Waals surface area contributed by atoms with E-state index >= 15 is 0 Å². The number of aryl methyl sites for hydroxylation is 2. The fourth-order valence-corrected chi connectivity index (χ4v) is 4.18. The summed E-state index contributed by atoms with van der Waals surface area (Å²) in [4.78, 5) is 12.5. The number of nitriles is 1. The Morgan fingerprint density at radius 1 is 1.11 bits per heavy atom. The van der Waals surface area contributed by atoms with E-state index in [1.54, 1.807) is 36.4 Å². The van der Waals surface area contributed by atoms with Crippen LogP contribution in [0.1, 0.15) is 28.2 Å². The summed E-state index contributed by atoms with van der Waals surface area (Å²) in [6.07, 6.45) is 1.65. The Hall–Kier alpha value is -4.41. The first-order valence-corrected chi connectivity index (χ1v) is 11.8. The number of nitrogens with two attached hydrogens (primary N) is 1. The average molecular weight is 517 g/mol. The van der Waals surface area contributed by atoms with Crippen molar-refractivity contribution < 1.29 is 23.7 Å². The molecule has 0 saturated carbocycles. The van der Waals surface area contributed by atoms with Crippen molar-refractivity contribution in [2.24, 2.45) is 5.73 Å². The average Bonchev–Trinajstić information content (AvgIpc) is 2.88. The number of carbonyl (C=O) groups excluding carboxylic acids is 1. The summed E-state index contributed by atoms with van der Waals surface area (Å²) >= 11 is 6.18. The fourth-order valence-electron chi connectivity index (χ4n) is 4.07. The number of hydrogen-bond donors (Lipinski definition) is 1. The summed E-state index contributed by atoms with van der Waals surface area (Å²) in [6.45, 7) is 7.45. The van der Waals surface area contributed by atoms with Crippen LogP contribution in [0.4, 0.5) is 0 Å². The minimum Gasteiger partial charge on any atom is -0.490 e. The summed E-state index contributed by atoms with van der Waals surface area (Å²) in [5.74, 6) is 0.709. The van der Waals surface area contributed by atoms with Gasteiger partial charge < -0.3 is 24.7 Å². The van der Waals surface area contributed by atoms with Gasteiger partial charge in [-0.05, 0) is 60.9 Å². The molecule has 3 aromatic carbocycles. The van der Waals surface area contributed by atoms with Gasteiger partial charge in [0.1, 0.15) is 41.2 Å². The predicted octanol–water partition coefficient (Wildman–Crippen LogP) is 5.72. The molecule has 1 unspecified atom stereocenters. The van der Waals surface area contributed by atoms with Gasteiger partial charge in [0.2, 0.25) is 5.88 Å². The van der Waals surface area contributed by atoms with Crippen molar-refractivity contribution in [2.45, 2.75) is 19.8 Å². The Bertz CT molecular complexity index is 1420. The van der Waals surface area contributed by atoms with E-state index in [0.717, 1.165) is 16.7 Å². The monoisotopic (exact) mass is 516 g/mol. The van der Waals surface area contributed by atoms with E-state index in [2.05, 4.69) is 12.6 Å². The second-order valence-electron chi connectivity index (χ2n) is 8.43. The molecule has 1 atom stereocenters. The molecule has 0 aromatic heterocycles. The van der Waals surface area contributed by atoms with Crippen LogP contribution in [-0.4, -0.2) is 19.2 Å². The summed E-state index contributed by atoms with van der Waals surface area (Å²) in [5, 5.41) is 10.5. The van der Waals surface area contributed by atoms with Crippen LogP contribution >= 0.6 is 11.6 Å². The fraction of sp³-hybridized carbons (Fsp3) is 0.172. The smallest absolute Gasteiger partial charge is 0.349 e. The predicted molar refractivity (Wildman–Crippen MR) is 140 cm³/mol. The first-order valence-electron chi connectivity index (χ1n) is 11.5. The molecule has 3 aromatic rings. The van der Waals surface area contributed by atoms with Crippen LogP contribution in [0.3, 0.4) is 0 Å². The van der Waals surface area contributed by atoms with Gasteiger partial charge in [-0.1, -0.05) is 42.5 Å². The molecular weight excluding hydrogens is 492 g/mol. The highest BCUT2D eigenvalue weighted by Crippen LogP contribution is 2.44. The molecule has 1 aliphatic heterocycles. The highest BCUT2D eigenvalue weighted by atomic mass is 35.5. The molecule has 0 saturated heterocycles. The maximum atomic E-state index is 12.5. The lowest BCUT2D eigenvalue weighted by atomic mass is 9.83. The summed E-state index contributed by atoms with van der Waals surface area (Å²) in [7, 11) is 0. The molecule has 37 heavy (non-hydrogen) atoms. The lowest BCUT2D eigenvalue weighted by Crippen LogP contribution is -2.21. The molecule has 1 heterocycles. The van der Waals surface area contributed by atoms with Crippen molar-refractivity contribution in [1.29, 1.82) is 5.26 Å². The van der Waals surface area contributed by atoms with E-state index in [4.69, 9.17) is 36.3 Å². The third-order valence-electron chi connectivity index (χ3n) is 5.75. The number of benzene rings is 3. The van der Waals surface area contributed by atoms with Gasteiger partial charge in [-0.25, -0.2) is 4.79 Å². The van der Waals surface area contributed by atoms with Crippen molar-refractivity contribution in [2.75, 3.05) is 13.2 Å². The van der Waals surface area contributed by atoms with E-state index in [0.29, 0.717) is 34.4 Å². The number of ether oxygens (including phenoxy) is 4. The van der Waals surface area contributed by atoms with Gasteiger partial charge in [0.15, 0.2) is 6.61 Å². The quantitative estimate of drug-likeness (QED) is 0.232. The first-order chi connectivity index (χ1) is 17.8. The second kappa shape index (κ2) is 11.1. The molecule has 7 nitrogen and oxygen atoms in total. The van der Waals surface area contributed by atoms with Gasteiger partial charge in [0.25, 0.3) is 0 Å². The molecule has 0 aliphatic carbocycles. The summed E-state index contributed by atoms with van der Waals surface area (Å²) < 4.78 is 22.4. The molecule has 0 bridgehead atoms. The molecule has 188 valence electrons. The van der Waals surface area contributed by atoms with Crippen molar-refractivity contribution in [3.8, 4) is 29.1 Å². The number of esters is 1. The maximum Gasteiger partial charge on any atom is 0.349 e. The zero-order valence-electron chi connectivity index (χ0n) is 20.4. The molecule has 0 radical (unpaired) electrons. The number of allylic oxidation sites excluding steroid dienone is 1. The number of hydrogen-bond acceptors (Lipinski definition) is 7. The van der Waals surface area contributed by atoms with Crippen molar-refractivity contribution in [3.63, 3.8) is 0 Å². The maximum absolute atomic E-state index is 12.5. The van der Waals surface area contributed by atoms with Gasteiger partial charge in [0.05, 0.1) is 5.92 Å². The number of nitrogens with zero attached hydrogens (tertiary/aromatic N) is 1. The van der Waals surface area contributed by atoms with Gasteiger partial charge >= 0.3 is 5.97 Å². The second-order valence-corrected chi connectivity index (χ2v) is 8.81. The van der Waals surface area contributed by atoms with E-state index in [9.17, 15) is 10.1 Å². The van der Waals surface area contributed by atoms with Gasteiger partial charge in [-0.2, -0.15) is 5.26 Å². The Balaban J connectivity index is 1.54. The van der Waals surface area contributed by atoms with Crippen LogP contribution in [0.15, 0.2) is 78.7 Å². The Kier molecular flexibility index (Phi) is 7.71. The number of carbonyl (C=O) groups is 1. The van der Waals surface area contributed by atoms with Crippen molar-refractivity contribution in [1.82, 2.24) is 0 Å². The highest BCUT2D eigenvalue weighted by Gasteiger charge is 2.31. The Morgan fingerprint density at radius 2 is 1.86 bits per heavy atom. The molecule has 0 spiro atoms. The minimum absolute atomic E-state index is 0.0160. The SMILES string of the molecule is C=CCOc1cccc(C2C(C#N)=C(N)Oc3cc(OC(=O)COc4cc(C)c(Cl)c(C)c4)ccc32)c1. The molecule has 1 aliphatic rings. The van der Waals surface area contributed by atoms with Crippen LogP contribution in [-0.2, 0) is 4.79 Å². The van der Waals surface area contributed by atoms with Crippen molar-refractivity contribution in [3.05, 3.63) is 106 Å². The van der Waals surface area contributed by atoms with Crippen LogP contribution in [0.5, 0.6) is 23.0 Å². The van der Waals surface area contributed by atoms with Crippen molar-refractivity contribution >= 4 is 17.6 Å². The standard InChI is InChI=1S/C29H25ClN2O5/c1-4-10-34-20-7-5-6-19(13-20)27-23-9-8-21(14-25(23)37-29(32)24(27)15-31)36-26(33)16-35-22-11-17(2)28(30)18(3)12-22/h4-9,11-14,27H,1,10,16,32H2,2-3H3. The number of fused-ring (bicyclic) bond motifs is 1. The zero-order chi connectivity index (χ0) is 26.5. The van der Waals surface area contributed by atoms with Crippen LogP contribution in [0, 0.1) is 25.2 Å². The summed E-state index contributed by atoms with van der Waals surface area (Å²) in [5.41, 5.74) is 9.59. The topological polar surface area (TPSA) is 104 Å². The van der Waals surface area contributed by atoms with E-state index in [-0.39, 0.29) is 23.8 Å². The largest absolute Gasteiger partial charge is 0.490 e. The molecule has 8 heteroatoms. The highest BCUT2D eigenvalue weighted by molar-refractivity contribution is 6.32. The number of halogens is 1. The zero-order valence-corrected chi connectivity index (χ0v) is 21.2. The van der Waals surface area contributed by atoms with Gasteiger partial charge in [0, 0.05) is 16.7 Å². The third-order valence-corrected chi connectivity index (χ3v) is 6.34. The third kappa shape index (κ3) is 5.71. The van der Waals surface area contributed by atoms with E-state index < -0.39 is 11.9 Å².